The molecule has 1 aliphatic rings. The molecule has 132 valence electrons. The molecule has 0 amide bonds. The molecule has 1 aromatic heterocycles. The molecule has 1 aliphatic heterocycles. The lowest BCUT2D eigenvalue weighted by atomic mass is 10.1. The maximum Gasteiger partial charge on any atom is 0.416 e. The topological polar surface area (TPSA) is 59.4 Å². The first-order valence-corrected chi connectivity index (χ1v) is 7.79. The fourth-order valence-corrected chi connectivity index (χ4v) is 2.82. The number of aryl methyl sites for hydroxylation is 1. The molecular formula is C16H15ClF3N5. The van der Waals surface area contributed by atoms with E-state index in [0.717, 1.165) is 11.8 Å². The van der Waals surface area contributed by atoms with E-state index in [-0.39, 0.29) is 35.5 Å². The highest BCUT2D eigenvalue weighted by molar-refractivity contribution is 6.32. The van der Waals surface area contributed by atoms with Crippen LogP contribution in [0.4, 0.5) is 13.2 Å². The summed E-state index contributed by atoms with van der Waals surface area (Å²) in [6.45, 7) is 1.89. The lowest BCUT2D eigenvalue weighted by Crippen LogP contribution is -2.36. The van der Waals surface area contributed by atoms with E-state index in [1.165, 1.54) is 16.8 Å². The summed E-state index contributed by atoms with van der Waals surface area (Å²) < 4.78 is 41.0. The number of alkyl halides is 3. The van der Waals surface area contributed by atoms with E-state index in [9.17, 15) is 13.2 Å². The van der Waals surface area contributed by atoms with Gasteiger partial charge in [0.15, 0.2) is 11.0 Å². The van der Waals surface area contributed by atoms with Crippen LogP contribution in [-0.4, -0.2) is 27.1 Å². The van der Waals surface area contributed by atoms with Crippen LogP contribution in [0.2, 0.25) is 0 Å². The predicted molar refractivity (Wildman–Crippen MR) is 89.5 cm³/mol. The third-order valence-electron chi connectivity index (χ3n) is 3.69. The Morgan fingerprint density at radius 1 is 1.24 bits per heavy atom. The maximum atomic E-state index is 13.2. The van der Waals surface area contributed by atoms with Crippen molar-refractivity contribution in [2.45, 2.75) is 19.6 Å². The highest BCUT2D eigenvalue weighted by Crippen LogP contribution is 2.34. The summed E-state index contributed by atoms with van der Waals surface area (Å²) in [5.41, 5.74) is 6.02. The number of aliphatic imine (C=N–C) groups is 1. The van der Waals surface area contributed by atoms with Gasteiger partial charge in [0.25, 0.3) is 0 Å². The van der Waals surface area contributed by atoms with Crippen molar-refractivity contribution in [2.75, 3.05) is 6.54 Å². The van der Waals surface area contributed by atoms with Crippen molar-refractivity contribution in [1.29, 1.82) is 0 Å². The van der Waals surface area contributed by atoms with Gasteiger partial charge in [0.05, 0.1) is 17.8 Å². The number of nitrogens with zero attached hydrogens (tertiary/aromatic N) is 4. The molecule has 0 atom stereocenters. The van der Waals surface area contributed by atoms with Crippen molar-refractivity contribution >= 4 is 23.3 Å². The zero-order chi connectivity index (χ0) is 18.2. The van der Waals surface area contributed by atoms with Crippen LogP contribution in [-0.2, 0) is 12.7 Å². The molecule has 0 saturated heterocycles. The van der Waals surface area contributed by atoms with Crippen molar-refractivity contribution in [3.05, 3.63) is 58.5 Å². The summed E-state index contributed by atoms with van der Waals surface area (Å²) in [7, 11) is 0. The molecule has 2 aromatic rings. The van der Waals surface area contributed by atoms with Gasteiger partial charge in [-0.1, -0.05) is 29.8 Å². The Kier molecular flexibility index (Phi) is 4.47. The zero-order valence-corrected chi connectivity index (χ0v) is 14.0. The van der Waals surface area contributed by atoms with E-state index >= 15 is 0 Å². The molecule has 0 saturated carbocycles. The molecule has 0 fully saturated rings. The highest BCUT2D eigenvalue weighted by atomic mass is 35.5. The molecule has 25 heavy (non-hydrogen) atoms. The molecule has 0 spiro atoms. The Morgan fingerprint density at radius 3 is 2.60 bits per heavy atom. The Labute approximate surface area is 147 Å². The molecular weight excluding hydrogens is 355 g/mol. The van der Waals surface area contributed by atoms with Crippen LogP contribution in [0, 0.1) is 6.92 Å². The smallest absolute Gasteiger partial charge is 0.386 e. The average Bonchev–Trinajstić information content (AvgIpc) is 2.96. The van der Waals surface area contributed by atoms with Gasteiger partial charge >= 0.3 is 6.18 Å². The molecule has 2 N–H and O–H groups in total. The molecule has 0 aliphatic carbocycles. The highest BCUT2D eigenvalue weighted by Gasteiger charge is 2.34. The first-order valence-electron chi connectivity index (χ1n) is 7.41. The fraction of sp³-hybridized carbons (Fsp3) is 0.250. The van der Waals surface area contributed by atoms with Crippen LogP contribution in [0.5, 0.6) is 0 Å². The second-order valence-corrected chi connectivity index (χ2v) is 5.99. The van der Waals surface area contributed by atoms with Crippen molar-refractivity contribution in [3.63, 3.8) is 0 Å². The van der Waals surface area contributed by atoms with Crippen LogP contribution < -0.4 is 5.73 Å². The number of hydrogen-bond donors (Lipinski definition) is 1. The van der Waals surface area contributed by atoms with Crippen molar-refractivity contribution in [3.8, 4) is 0 Å². The minimum absolute atomic E-state index is 0.0471. The van der Waals surface area contributed by atoms with E-state index in [0.29, 0.717) is 0 Å². The first kappa shape index (κ1) is 17.3. The van der Waals surface area contributed by atoms with Crippen molar-refractivity contribution in [2.24, 2.45) is 10.7 Å². The van der Waals surface area contributed by atoms with Crippen molar-refractivity contribution < 1.29 is 13.2 Å². The fourth-order valence-electron chi connectivity index (χ4n) is 2.57. The second-order valence-electron chi connectivity index (χ2n) is 5.63. The van der Waals surface area contributed by atoms with E-state index in [4.69, 9.17) is 17.3 Å². The SMILES string of the molecule is Cc1ccn(C2=C(Cl)N(Cc3ccccc3C(F)(F)F)CC(N)=N2)n1. The van der Waals surface area contributed by atoms with Gasteiger partial charge in [-0.25, -0.2) is 9.67 Å². The molecule has 5 nitrogen and oxygen atoms in total. The van der Waals surface area contributed by atoms with Crippen LogP contribution in [0.3, 0.4) is 0 Å². The first-order chi connectivity index (χ1) is 11.8. The van der Waals surface area contributed by atoms with Gasteiger partial charge in [-0.15, -0.1) is 0 Å². The number of halogens is 4. The summed E-state index contributed by atoms with van der Waals surface area (Å²) in [6.07, 6.45) is -2.78. The minimum atomic E-state index is -4.44. The standard InChI is InChI=1S/C16H15ClF3N5/c1-10-6-7-25(23-10)15-14(17)24(9-13(21)22-15)8-11-4-2-3-5-12(11)16(18,19)20/h2-7H,8-9H2,1H3,(H2,21,22). The number of rotatable bonds is 3. The third kappa shape index (κ3) is 3.63. The summed E-state index contributed by atoms with van der Waals surface area (Å²) in [5.74, 6) is 0.528. The second kappa shape index (κ2) is 6.44. The lowest BCUT2D eigenvalue weighted by Gasteiger charge is -2.29. The van der Waals surface area contributed by atoms with Crippen LogP contribution >= 0.6 is 11.6 Å². The molecule has 2 heterocycles. The van der Waals surface area contributed by atoms with E-state index in [2.05, 4.69) is 10.1 Å². The molecule has 9 heteroatoms. The van der Waals surface area contributed by atoms with Gasteiger partial charge in [-0.05, 0) is 24.6 Å². The van der Waals surface area contributed by atoms with E-state index in [1.54, 1.807) is 30.2 Å². The largest absolute Gasteiger partial charge is 0.416 e. The number of amidine groups is 1. The summed E-state index contributed by atoms with van der Waals surface area (Å²) in [5, 5.41) is 4.41. The Balaban J connectivity index is 1.96. The van der Waals surface area contributed by atoms with Gasteiger partial charge < -0.3 is 10.6 Å². The van der Waals surface area contributed by atoms with Crippen LogP contribution in [0.15, 0.2) is 46.7 Å². The Morgan fingerprint density at radius 2 is 1.96 bits per heavy atom. The zero-order valence-electron chi connectivity index (χ0n) is 13.3. The van der Waals surface area contributed by atoms with Gasteiger partial charge in [0.2, 0.25) is 0 Å². The Bertz CT molecular complexity index is 853. The lowest BCUT2D eigenvalue weighted by molar-refractivity contribution is -0.138. The summed E-state index contributed by atoms with van der Waals surface area (Å²) in [6, 6.07) is 7.15. The third-order valence-corrected chi connectivity index (χ3v) is 4.10. The van der Waals surface area contributed by atoms with Gasteiger partial charge in [-0.2, -0.15) is 18.3 Å². The summed E-state index contributed by atoms with van der Waals surface area (Å²) in [4.78, 5) is 5.73. The average molecular weight is 370 g/mol. The number of hydrogen-bond acceptors (Lipinski definition) is 4. The number of nitrogens with two attached hydrogens (primary N) is 1. The van der Waals surface area contributed by atoms with Crippen LogP contribution in [0.25, 0.3) is 5.82 Å². The van der Waals surface area contributed by atoms with Crippen LogP contribution in [0.1, 0.15) is 16.8 Å². The Hall–Kier alpha value is -2.48. The molecule has 3 rings (SSSR count). The van der Waals surface area contributed by atoms with E-state index < -0.39 is 11.7 Å². The van der Waals surface area contributed by atoms with Gasteiger partial charge in [-0.3, -0.25) is 0 Å². The van der Waals surface area contributed by atoms with Gasteiger partial charge in [0, 0.05) is 12.7 Å². The van der Waals surface area contributed by atoms with Crippen molar-refractivity contribution in [1.82, 2.24) is 14.7 Å². The number of aromatic nitrogens is 2. The molecule has 1 aromatic carbocycles. The molecule has 0 radical (unpaired) electrons. The quantitative estimate of drug-likeness (QED) is 0.843. The van der Waals surface area contributed by atoms with Gasteiger partial charge in [0.1, 0.15) is 5.84 Å². The van der Waals surface area contributed by atoms with E-state index in [1.807, 2.05) is 0 Å². The maximum absolute atomic E-state index is 13.2. The summed E-state index contributed by atoms with van der Waals surface area (Å²) >= 11 is 6.38. The normalized spacial score (nSPS) is 15.6. The predicted octanol–water partition coefficient (Wildman–Crippen LogP) is 3.41. The monoisotopic (exact) mass is 369 g/mol. The molecule has 0 unspecified atom stereocenters. The minimum Gasteiger partial charge on any atom is -0.386 e. The molecule has 0 bridgehead atoms. The number of benzene rings is 1.